The third-order valence-electron chi connectivity index (χ3n) is 4.40. The molecule has 3 saturated heterocycles. The summed E-state index contributed by atoms with van der Waals surface area (Å²) in [5.74, 6) is -3.16. The summed E-state index contributed by atoms with van der Waals surface area (Å²) < 4.78 is 57.4. The summed E-state index contributed by atoms with van der Waals surface area (Å²) in [6.07, 6.45) is -8.39. The summed E-state index contributed by atoms with van der Waals surface area (Å²) >= 11 is 0. The molecule has 25 heavy (non-hydrogen) atoms. The van der Waals surface area contributed by atoms with E-state index in [4.69, 9.17) is 14.2 Å². The normalized spacial score (nSPS) is 33.8. The fourth-order valence-corrected chi connectivity index (χ4v) is 3.23. The number of hydrogen-bond donors (Lipinski definition) is 0. The van der Waals surface area contributed by atoms with Crippen LogP contribution in [0.4, 0.5) is 13.2 Å². The Bertz CT molecular complexity index is 629. The van der Waals surface area contributed by atoms with Crippen LogP contribution < -0.4 is 0 Å². The first kappa shape index (κ1) is 17.7. The Kier molecular flexibility index (Phi) is 4.26. The minimum Gasteiger partial charge on any atom is -0.458 e. The van der Waals surface area contributed by atoms with Crippen LogP contribution in [0.15, 0.2) is 12.2 Å². The summed E-state index contributed by atoms with van der Waals surface area (Å²) in [4.78, 5) is 34.8. The highest BCUT2D eigenvalue weighted by molar-refractivity contribution is 5.89. The zero-order chi connectivity index (χ0) is 18.5. The minimum atomic E-state index is -4.90. The van der Waals surface area contributed by atoms with Crippen molar-refractivity contribution in [1.29, 1.82) is 0 Å². The fourth-order valence-electron chi connectivity index (χ4n) is 3.23. The number of ether oxygens (including phenoxy) is 4. The Hall–Kier alpha value is -2.10. The van der Waals surface area contributed by atoms with Gasteiger partial charge < -0.3 is 18.9 Å². The van der Waals surface area contributed by atoms with Gasteiger partial charge in [0.1, 0.15) is 17.8 Å². The lowest BCUT2D eigenvalue weighted by molar-refractivity contribution is -0.165. The van der Waals surface area contributed by atoms with E-state index in [0.717, 1.165) is 0 Å². The van der Waals surface area contributed by atoms with Gasteiger partial charge in [-0.15, -0.1) is 0 Å². The fraction of sp³-hybridized carbons (Fsp3) is 0.667. The average Bonchev–Trinajstić information content (AvgIpc) is 3.10. The van der Waals surface area contributed by atoms with Crippen LogP contribution in [0.5, 0.6) is 0 Å². The third kappa shape index (κ3) is 3.22. The van der Waals surface area contributed by atoms with Gasteiger partial charge in [0.2, 0.25) is 0 Å². The highest BCUT2D eigenvalue weighted by Crippen LogP contribution is 2.47. The second-order valence-electron chi connectivity index (χ2n) is 6.23. The second-order valence-corrected chi connectivity index (χ2v) is 6.23. The highest BCUT2D eigenvalue weighted by Gasteiger charge is 2.65. The molecule has 0 radical (unpaired) electrons. The lowest BCUT2D eigenvalue weighted by Gasteiger charge is -2.23. The van der Waals surface area contributed by atoms with Crippen molar-refractivity contribution in [3.63, 3.8) is 0 Å². The van der Waals surface area contributed by atoms with Crippen molar-refractivity contribution < 1.29 is 46.5 Å². The van der Waals surface area contributed by atoms with Crippen molar-refractivity contribution in [2.45, 2.75) is 56.5 Å². The smallest absolute Gasteiger partial charge is 0.422 e. The lowest BCUT2D eigenvalue weighted by atomic mass is 9.88. The molecule has 0 aromatic carbocycles. The number of rotatable bonds is 5. The minimum absolute atomic E-state index is 0.335. The number of esters is 3. The van der Waals surface area contributed by atoms with E-state index in [9.17, 15) is 27.6 Å². The number of carbonyl (C=O) groups is 3. The molecule has 0 saturated carbocycles. The SMILES string of the molecule is C=C(C(=O)OC(C)CC(=O)OC1C2OC(=O)C3C[C@@H]1OC32)C(F)(F)F. The molecule has 138 valence electrons. The van der Waals surface area contributed by atoms with Gasteiger partial charge in [0.25, 0.3) is 0 Å². The molecule has 0 aliphatic carbocycles. The second kappa shape index (κ2) is 6.01. The predicted octanol–water partition coefficient (Wildman–Crippen LogP) is 1.05. The highest BCUT2D eigenvalue weighted by atomic mass is 19.4. The van der Waals surface area contributed by atoms with Gasteiger partial charge >= 0.3 is 24.1 Å². The van der Waals surface area contributed by atoms with Crippen LogP contribution in [-0.2, 0) is 33.3 Å². The summed E-state index contributed by atoms with van der Waals surface area (Å²) in [6, 6.07) is 0. The molecule has 6 atom stereocenters. The molecule has 3 aliphatic rings. The number of hydrogen-bond acceptors (Lipinski definition) is 7. The van der Waals surface area contributed by atoms with Crippen LogP contribution in [0, 0.1) is 5.92 Å². The summed E-state index contributed by atoms with van der Waals surface area (Å²) in [5.41, 5.74) is -1.65. The molecule has 3 fully saturated rings. The molecule has 10 heteroatoms. The molecule has 0 spiro atoms. The molecule has 0 aromatic rings. The largest absolute Gasteiger partial charge is 0.458 e. The van der Waals surface area contributed by atoms with E-state index in [1.807, 2.05) is 0 Å². The number of alkyl halides is 3. The van der Waals surface area contributed by atoms with E-state index in [1.54, 1.807) is 0 Å². The topological polar surface area (TPSA) is 88.1 Å². The van der Waals surface area contributed by atoms with Crippen LogP contribution in [0.2, 0.25) is 0 Å². The first-order valence-electron chi connectivity index (χ1n) is 7.60. The van der Waals surface area contributed by atoms with E-state index in [-0.39, 0.29) is 11.9 Å². The summed E-state index contributed by atoms with van der Waals surface area (Å²) in [5, 5.41) is 0. The Balaban J connectivity index is 1.49. The monoisotopic (exact) mass is 364 g/mol. The number of fused-ring (bicyclic) bond motifs is 1. The number of carbonyl (C=O) groups excluding carboxylic acids is 3. The Morgan fingerprint density at radius 2 is 2.04 bits per heavy atom. The van der Waals surface area contributed by atoms with E-state index in [0.29, 0.717) is 6.42 Å². The molecule has 0 N–H and O–H groups in total. The maximum atomic E-state index is 12.3. The average molecular weight is 364 g/mol. The van der Waals surface area contributed by atoms with E-state index in [2.05, 4.69) is 11.3 Å². The standard InChI is InChI=1S/C15H15F3O7/c1-5(22-13(20)6(2)15(16,17)18)3-9(19)24-11-8-4-7-10(23-8)12(11)25-14(7)21/h5,7-8,10-12H,2-4H2,1H3/t5?,7?,8-,10?,11?,12?/m0/s1. The first-order chi connectivity index (χ1) is 11.6. The van der Waals surface area contributed by atoms with Crippen molar-refractivity contribution in [2.24, 2.45) is 5.92 Å². The van der Waals surface area contributed by atoms with Gasteiger partial charge in [0.15, 0.2) is 12.2 Å². The Morgan fingerprint density at radius 3 is 2.68 bits per heavy atom. The van der Waals surface area contributed by atoms with Crippen LogP contribution >= 0.6 is 0 Å². The Morgan fingerprint density at radius 1 is 1.36 bits per heavy atom. The van der Waals surface area contributed by atoms with Crippen molar-refractivity contribution >= 4 is 17.9 Å². The zero-order valence-corrected chi connectivity index (χ0v) is 13.1. The molecule has 3 heterocycles. The zero-order valence-electron chi connectivity index (χ0n) is 13.1. The molecule has 2 bridgehead atoms. The first-order valence-corrected chi connectivity index (χ1v) is 7.60. The van der Waals surface area contributed by atoms with Crippen LogP contribution in [0.25, 0.3) is 0 Å². The van der Waals surface area contributed by atoms with Gasteiger partial charge in [0.05, 0.1) is 18.4 Å². The van der Waals surface area contributed by atoms with Gasteiger partial charge in [-0.25, -0.2) is 4.79 Å². The molecule has 5 unspecified atom stereocenters. The van der Waals surface area contributed by atoms with Gasteiger partial charge in [-0.3, -0.25) is 9.59 Å². The van der Waals surface area contributed by atoms with Crippen LogP contribution in [0.3, 0.4) is 0 Å². The van der Waals surface area contributed by atoms with Gasteiger partial charge in [-0.2, -0.15) is 13.2 Å². The number of halogens is 3. The molecule has 7 nitrogen and oxygen atoms in total. The van der Waals surface area contributed by atoms with Crippen molar-refractivity contribution in [3.8, 4) is 0 Å². The lowest BCUT2D eigenvalue weighted by Crippen LogP contribution is -2.40. The van der Waals surface area contributed by atoms with Gasteiger partial charge in [-0.1, -0.05) is 6.58 Å². The molecular formula is C15H15F3O7. The van der Waals surface area contributed by atoms with Crippen molar-refractivity contribution in [1.82, 2.24) is 0 Å². The molecule has 3 rings (SSSR count). The van der Waals surface area contributed by atoms with Crippen molar-refractivity contribution in [2.75, 3.05) is 0 Å². The summed E-state index contributed by atoms with van der Waals surface area (Å²) in [6.45, 7) is 3.87. The maximum Gasteiger partial charge on any atom is 0.422 e. The summed E-state index contributed by atoms with van der Waals surface area (Å²) in [7, 11) is 0. The molecule has 3 aliphatic heterocycles. The molecule has 0 amide bonds. The van der Waals surface area contributed by atoms with Gasteiger partial charge in [-0.05, 0) is 13.3 Å². The van der Waals surface area contributed by atoms with Crippen LogP contribution in [-0.4, -0.2) is 54.6 Å². The van der Waals surface area contributed by atoms with Gasteiger partial charge in [0, 0.05) is 0 Å². The maximum absolute atomic E-state index is 12.3. The van der Waals surface area contributed by atoms with E-state index >= 15 is 0 Å². The molecular weight excluding hydrogens is 349 g/mol. The Labute approximate surface area is 140 Å². The quantitative estimate of drug-likeness (QED) is 0.409. The molecule has 0 aromatic heterocycles. The third-order valence-corrected chi connectivity index (χ3v) is 4.40. The van der Waals surface area contributed by atoms with E-state index in [1.165, 1.54) is 6.92 Å². The van der Waals surface area contributed by atoms with E-state index < -0.39 is 60.6 Å². The predicted molar refractivity (Wildman–Crippen MR) is 71.9 cm³/mol. The van der Waals surface area contributed by atoms with Crippen molar-refractivity contribution in [3.05, 3.63) is 12.2 Å². The van der Waals surface area contributed by atoms with Crippen LogP contribution in [0.1, 0.15) is 19.8 Å².